The predicted octanol–water partition coefficient (Wildman–Crippen LogP) is 3.04. The quantitative estimate of drug-likeness (QED) is 0.769. The van der Waals surface area contributed by atoms with Gasteiger partial charge in [-0.1, -0.05) is 15.9 Å². The van der Waals surface area contributed by atoms with Crippen molar-refractivity contribution in [2.75, 3.05) is 5.32 Å². The lowest BCUT2D eigenvalue weighted by Gasteiger charge is -2.08. The summed E-state index contributed by atoms with van der Waals surface area (Å²) in [7, 11) is 0. The molecule has 0 amide bonds. The van der Waals surface area contributed by atoms with Gasteiger partial charge in [0.15, 0.2) is 0 Å². The molecule has 0 bridgehead atoms. The van der Waals surface area contributed by atoms with E-state index in [-0.39, 0.29) is 0 Å². The number of rotatable bonds is 5. The van der Waals surface area contributed by atoms with E-state index in [2.05, 4.69) is 60.8 Å². The Morgan fingerprint density at radius 1 is 1.24 bits per heavy atom. The summed E-state index contributed by atoms with van der Waals surface area (Å²) < 4.78 is 5.07. The van der Waals surface area contributed by atoms with E-state index in [0.29, 0.717) is 6.54 Å². The fourth-order valence-corrected chi connectivity index (χ4v) is 2.75. The molecule has 2 heterocycles. The van der Waals surface area contributed by atoms with Gasteiger partial charge in [0.25, 0.3) is 0 Å². The number of benzene rings is 1. The van der Waals surface area contributed by atoms with Crippen molar-refractivity contribution in [2.24, 2.45) is 0 Å². The van der Waals surface area contributed by atoms with Gasteiger partial charge in [0.1, 0.15) is 12.2 Å². The number of anilines is 1. The number of hydrogen-bond donors (Lipinski definition) is 1. The van der Waals surface area contributed by atoms with Crippen LogP contribution in [0.4, 0.5) is 5.95 Å². The highest BCUT2D eigenvalue weighted by molar-refractivity contribution is 9.10. The Labute approximate surface area is 131 Å². The van der Waals surface area contributed by atoms with E-state index in [0.717, 1.165) is 40.4 Å². The Kier molecular flexibility index (Phi) is 3.92. The molecule has 0 aliphatic rings. The monoisotopic (exact) mass is 348 g/mol. The molecule has 7 heteroatoms. The first-order valence-electron chi connectivity index (χ1n) is 6.99. The standard InChI is InChI=1S/C14H17BrN6/c1-3-20-12-6-5-10(15)7-11(12)19-14(20)16-8-13-17-9-18-21(13)4-2/h5-7,9H,3-4,8H2,1-2H3,(H,16,19). The van der Waals surface area contributed by atoms with Gasteiger partial charge in [0.05, 0.1) is 17.6 Å². The first-order valence-corrected chi connectivity index (χ1v) is 7.78. The Balaban J connectivity index is 1.89. The van der Waals surface area contributed by atoms with Crippen LogP contribution < -0.4 is 5.32 Å². The Bertz CT molecular complexity index is 760. The molecule has 0 spiro atoms. The Hall–Kier alpha value is -1.89. The van der Waals surface area contributed by atoms with Crippen molar-refractivity contribution in [2.45, 2.75) is 33.5 Å². The molecule has 3 rings (SSSR count). The smallest absolute Gasteiger partial charge is 0.204 e. The number of aromatic nitrogens is 5. The first-order chi connectivity index (χ1) is 10.2. The number of nitrogens with zero attached hydrogens (tertiary/aromatic N) is 5. The summed E-state index contributed by atoms with van der Waals surface area (Å²) in [5.74, 6) is 1.77. The van der Waals surface area contributed by atoms with E-state index < -0.39 is 0 Å². The van der Waals surface area contributed by atoms with Crippen molar-refractivity contribution in [1.82, 2.24) is 24.3 Å². The van der Waals surface area contributed by atoms with Crippen LogP contribution in [0, 0.1) is 0 Å². The molecule has 0 aliphatic heterocycles. The van der Waals surface area contributed by atoms with Gasteiger partial charge >= 0.3 is 0 Å². The summed E-state index contributed by atoms with van der Waals surface area (Å²) in [6.07, 6.45) is 1.58. The lowest BCUT2D eigenvalue weighted by atomic mass is 10.3. The summed E-state index contributed by atoms with van der Waals surface area (Å²) in [4.78, 5) is 8.93. The molecule has 1 N–H and O–H groups in total. The van der Waals surface area contributed by atoms with E-state index in [1.54, 1.807) is 6.33 Å². The lowest BCUT2D eigenvalue weighted by Crippen LogP contribution is -2.12. The molecule has 110 valence electrons. The molecule has 1 aromatic carbocycles. The Morgan fingerprint density at radius 3 is 2.86 bits per heavy atom. The topological polar surface area (TPSA) is 60.6 Å². The molecule has 0 unspecified atom stereocenters. The lowest BCUT2D eigenvalue weighted by molar-refractivity contribution is 0.620. The second-order valence-electron chi connectivity index (χ2n) is 4.66. The van der Waals surface area contributed by atoms with Crippen LogP contribution in [-0.4, -0.2) is 24.3 Å². The van der Waals surface area contributed by atoms with Crippen molar-refractivity contribution in [3.8, 4) is 0 Å². The maximum Gasteiger partial charge on any atom is 0.204 e. The van der Waals surface area contributed by atoms with Gasteiger partial charge in [0, 0.05) is 17.6 Å². The van der Waals surface area contributed by atoms with Crippen molar-refractivity contribution in [3.63, 3.8) is 0 Å². The molecule has 6 nitrogen and oxygen atoms in total. The van der Waals surface area contributed by atoms with Crippen LogP contribution in [-0.2, 0) is 19.6 Å². The van der Waals surface area contributed by atoms with Crippen molar-refractivity contribution in [1.29, 1.82) is 0 Å². The van der Waals surface area contributed by atoms with E-state index >= 15 is 0 Å². The fraction of sp³-hybridized carbons (Fsp3) is 0.357. The number of aryl methyl sites for hydroxylation is 2. The van der Waals surface area contributed by atoms with Gasteiger partial charge in [-0.15, -0.1) is 0 Å². The van der Waals surface area contributed by atoms with Crippen LogP contribution in [0.3, 0.4) is 0 Å². The van der Waals surface area contributed by atoms with Gasteiger partial charge in [-0.05, 0) is 32.0 Å². The second kappa shape index (κ2) is 5.85. The molecule has 0 saturated carbocycles. The van der Waals surface area contributed by atoms with Crippen LogP contribution >= 0.6 is 15.9 Å². The van der Waals surface area contributed by atoms with Gasteiger partial charge in [0.2, 0.25) is 5.95 Å². The molecular formula is C14H17BrN6. The molecule has 0 fully saturated rings. The number of imidazole rings is 1. The highest BCUT2D eigenvalue weighted by Gasteiger charge is 2.10. The number of hydrogen-bond acceptors (Lipinski definition) is 4. The van der Waals surface area contributed by atoms with Crippen LogP contribution in [0.25, 0.3) is 11.0 Å². The maximum atomic E-state index is 4.66. The van der Waals surface area contributed by atoms with E-state index in [1.165, 1.54) is 0 Å². The van der Waals surface area contributed by atoms with E-state index in [1.807, 2.05) is 16.8 Å². The normalized spacial score (nSPS) is 11.2. The summed E-state index contributed by atoms with van der Waals surface area (Å²) in [6, 6.07) is 6.14. The van der Waals surface area contributed by atoms with Crippen molar-refractivity contribution >= 4 is 32.9 Å². The minimum absolute atomic E-state index is 0.609. The summed E-state index contributed by atoms with van der Waals surface area (Å²) in [6.45, 7) is 6.45. The fourth-order valence-electron chi connectivity index (χ4n) is 2.41. The van der Waals surface area contributed by atoms with Crippen LogP contribution in [0.1, 0.15) is 19.7 Å². The zero-order chi connectivity index (χ0) is 14.8. The summed E-state index contributed by atoms with van der Waals surface area (Å²) in [5.41, 5.74) is 2.10. The number of nitrogens with one attached hydrogen (secondary N) is 1. The molecule has 3 aromatic rings. The highest BCUT2D eigenvalue weighted by Crippen LogP contribution is 2.23. The summed E-state index contributed by atoms with van der Waals surface area (Å²) >= 11 is 3.49. The van der Waals surface area contributed by atoms with Gasteiger partial charge in [-0.2, -0.15) is 5.10 Å². The minimum atomic E-state index is 0.609. The van der Waals surface area contributed by atoms with Crippen molar-refractivity contribution in [3.05, 3.63) is 34.8 Å². The zero-order valence-corrected chi connectivity index (χ0v) is 13.6. The average molecular weight is 349 g/mol. The van der Waals surface area contributed by atoms with Crippen LogP contribution in [0.5, 0.6) is 0 Å². The third kappa shape index (κ3) is 2.65. The maximum absolute atomic E-state index is 4.66. The predicted molar refractivity (Wildman–Crippen MR) is 86.1 cm³/mol. The SMILES string of the molecule is CCn1ncnc1CNc1nc2cc(Br)ccc2n1CC. The molecule has 0 atom stereocenters. The van der Waals surface area contributed by atoms with Gasteiger partial charge in [-0.3, -0.25) is 0 Å². The highest BCUT2D eigenvalue weighted by atomic mass is 79.9. The van der Waals surface area contributed by atoms with E-state index in [4.69, 9.17) is 0 Å². The first kappa shape index (κ1) is 14.1. The average Bonchev–Trinajstić information content (AvgIpc) is 3.07. The number of fused-ring (bicyclic) bond motifs is 1. The van der Waals surface area contributed by atoms with Gasteiger partial charge < -0.3 is 9.88 Å². The van der Waals surface area contributed by atoms with Crippen LogP contribution in [0.2, 0.25) is 0 Å². The zero-order valence-electron chi connectivity index (χ0n) is 12.0. The largest absolute Gasteiger partial charge is 0.348 e. The second-order valence-corrected chi connectivity index (χ2v) is 5.57. The third-order valence-corrected chi connectivity index (χ3v) is 3.92. The molecule has 21 heavy (non-hydrogen) atoms. The molecule has 0 aliphatic carbocycles. The van der Waals surface area contributed by atoms with Crippen LogP contribution in [0.15, 0.2) is 29.0 Å². The minimum Gasteiger partial charge on any atom is -0.348 e. The molecule has 2 aromatic heterocycles. The molecular weight excluding hydrogens is 332 g/mol. The third-order valence-electron chi connectivity index (χ3n) is 3.43. The van der Waals surface area contributed by atoms with E-state index in [9.17, 15) is 0 Å². The Morgan fingerprint density at radius 2 is 2.10 bits per heavy atom. The van der Waals surface area contributed by atoms with Crippen molar-refractivity contribution < 1.29 is 0 Å². The summed E-state index contributed by atoms with van der Waals surface area (Å²) in [5, 5.41) is 7.54. The molecule has 0 radical (unpaired) electrons. The van der Waals surface area contributed by atoms with Gasteiger partial charge in [-0.25, -0.2) is 14.6 Å². The number of halogens is 1. The molecule has 0 saturated heterocycles.